The number of hydrogen-bond acceptors (Lipinski definition) is 5. The highest BCUT2D eigenvalue weighted by Gasteiger charge is 2.22. The van der Waals surface area contributed by atoms with Gasteiger partial charge in [0, 0.05) is 43.1 Å². The Labute approximate surface area is 227 Å². The second-order valence-electron chi connectivity index (χ2n) is 9.00. The Bertz CT molecular complexity index is 1470. The van der Waals surface area contributed by atoms with Crippen LogP contribution in [-0.4, -0.2) is 55.1 Å². The number of ether oxygens (including phenoxy) is 1. The van der Waals surface area contributed by atoms with Crippen LogP contribution in [0, 0.1) is 0 Å². The summed E-state index contributed by atoms with van der Waals surface area (Å²) in [7, 11) is 1.54. The lowest BCUT2D eigenvalue weighted by molar-refractivity contribution is 0.0746. The summed E-state index contributed by atoms with van der Waals surface area (Å²) < 4.78 is 5.44. The number of fused-ring (bicyclic) bond motifs is 1. The number of rotatable bonds is 5. The van der Waals surface area contributed by atoms with E-state index in [0.29, 0.717) is 24.4 Å². The van der Waals surface area contributed by atoms with Gasteiger partial charge in [-0.2, -0.15) is 0 Å². The molecular weight excluding hydrogens is 496 g/mol. The third kappa shape index (κ3) is 5.60. The minimum Gasteiger partial charge on any atom is -0.496 e. The number of thiocarbonyl (C=S) groups is 1. The third-order valence-electron chi connectivity index (χ3n) is 6.62. The molecule has 5 rings (SSSR count). The van der Waals surface area contributed by atoms with Crippen molar-refractivity contribution >= 4 is 51.3 Å². The lowest BCUT2D eigenvalue weighted by Crippen LogP contribution is -2.48. The van der Waals surface area contributed by atoms with Gasteiger partial charge in [-0.3, -0.25) is 14.9 Å². The molecule has 0 aromatic heterocycles. The summed E-state index contributed by atoms with van der Waals surface area (Å²) in [6.07, 6.45) is 0. The summed E-state index contributed by atoms with van der Waals surface area (Å²) in [6.45, 7) is 2.85. The van der Waals surface area contributed by atoms with Crippen LogP contribution in [0.3, 0.4) is 0 Å². The molecule has 1 fully saturated rings. The Hall–Kier alpha value is -4.43. The molecule has 0 aliphatic carbocycles. The number of anilines is 2. The molecule has 0 atom stereocenters. The van der Waals surface area contributed by atoms with E-state index in [1.807, 2.05) is 89.8 Å². The van der Waals surface area contributed by atoms with E-state index in [2.05, 4.69) is 15.5 Å². The number of piperazine rings is 1. The Kier molecular flexibility index (Phi) is 7.51. The smallest absolute Gasteiger partial charge is 0.261 e. The van der Waals surface area contributed by atoms with Gasteiger partial charge in [0.05, 0.1) is 12.7 Å². The molecule has 1 heterocycles. The predicted molar refractivity (Wildman–Crippen MR) is 155 cm³/mol. The molecule has 4 aromatic carbocycles. The SMILES string of the molecule is COc1cc2ccccc2cc1C(=O)NC(=S)Nc1ccc(N2CCN(C(=O)c3ccccc3)CC2)cc1. The number of carbonyl (C=O) groups is 2. The lowest BCUT2D eigenvalue weighted by Gasteiger charge is -2.36. The number of carbonyl (C=O) groups excluding carboxylic acids is 2. The zero-order valence-electron chi connectivity index (χ0n) is 21.0. The number of amides is 2. The zero-order valence-corrected chi connectivity index (χ0v) is 21.8. The Balaban J connectivity index is 1.16. The van der Waals surface area contributed by atoms with E-state index < -0.39 is 0 Å². The average Bonchev–Trinajstić information content (AvgIpc) is 2.97. The minimum absolute atomic E-state index is 0.0710. The van der Waals surface area contributed by atoms with Gasteiger partial charge in [0.15, 0.2) is 5.11 Å². The van der Waals surface area contributed by atoms with Crippen molar-refractivity contribution < 1.29 is 14.3 Å². The van der Waals surface area contributed by atoms with Gasteiger partial charge in [-0.1, -0.05) is 42.5 Å². The molecule has 1 saturated heterocycles. The molecule has 0 bridgehead atoms. The van der Waals surface area contributed by atoms with Crippen molar-refractivity contribution in [2.24, 2.45) is 0 Å². The average molecular weight is 525 g/mol. The molecule has 0 radical (unpaired) electrons. The quantitative estimate of drug-likeness (QED) is 0.361. The van der Waals surface area contributed by atoms with Crippen LogP contribution < -0.4 is 20.3 Å². The third-order valence-corrected chi connectivity index (χ3v) is 6.82. The van der Waals surface area contributed by atoms with Crippen molar-refractivity contribution in [3.8, 4) is 5.75 Å². The summed E-state index contributed by atoms with van der Waals surface area (Å²) in [5.41, 5.74) is 2.97. The largest absolute Gasteiger partial charge is 0.496 e. The van der Waals surface area contributed by atoms with Crippen LogP contribution in [0.4, 0.5) is 11.4 Å². The highest BCUT2D eigenvalue weighted by Crippen LogP contribution is 2.26. The monoisotopic (exact) mass is 524 g/mol. The molecule has 2 N–H and O–H groups in total. The summed E-state index contributed by atoms with van der Waals surface area (Å²) in [5, 5.41) is 7.95. The molecule has 192 valence electrons. The van der Waals surface area contributed by atoms with Gasteiger partial charge in [0.2, 0.25) is 0 Å². The van der Waals surface area contributed by atoms with Gasteiger partial charge >= 0.3 is 0 Å². The lowest BCUT2D eigenvalue weighted by atomic mass is 10.1. The minimum atomic E-state index is -0.343. The molecular formula is C30H28N4O3S. The van der Waals surface area contributed by atoms with Crippen LogP contribution in [0.2, 0.25) is 0 Å². The molecule has 38 heavy (non-hydrogen) atoms. The Morgan fingerprint density at radius 1 is 0.816 bits per heavy atom. The van der Waals surface area contributed by atoms with E-state index in [9.17, 15) is 9.59 Å². The Morgan fingerprint density at radius 2 is 1.45 bits per heavy atom. The number of hydrogen-bond donors (Lipinski definition) is 2. The highest BCUT2D eigenvalue weighted by atomic mass is 32.1. The van der Waals surface area contributed by atoms with Gasteiger partial charge in [0.1, 0.15) is 5.75 Å². The van der Waals surface area contributed by atoms with Crippen LogP contribution in [0.15, 0.2) is 91.0 Å². The fraction of sp³-hybridized carbons (Fsp3) is 0.167. The molecule has 0 spiro atoms. The van der Waals surface area contributed by atoms with Gasteiger partial charge in [-0.05, 0) is 71.5 Å². The molecule has 0 unspecified atom stereocenters. The van der Waals surface area contributed by atoms with Crippen molar-refractivity contribution in [1.82, 2.24) is 10.2 Å². The number of nitrogens with one attached hydrogen (secondary N) is 2. The highest BCUT2D eigenvalue weighted by molar-refractivity contribution is 7.80. The molecule has 8 heteroatoms. The summed E-state index contributed by atoms with van der Waals surface area (Å²) in [5.74, 6) is 0.213. The second kappa shape index (κ2) is 11.3. The molecule has 7 nitrogen and oxygen atoms in total. The number of benzene rings is 4. The predicted octanol–water partition coefficient (Wildman–Crippen LogP) is 4.94. The van der Waals surface area contributed by atoms with Crippen LogP contribution in [0.25, 0.3) is 10.8 Å². The van der Waals surface area contributed by atoms with Gasteiger partial charge in [-0.25, -0.2) is 0 Å². The molecule has 4 aromatic rings. The van der Waals surface area contributed by atoms with E-state index in [0.717, 1.165) is 40.8 Å². The maximum absolute atomic E-state index is 12.9. The first-order chi connectivity index (χ1) is 18.5. The van der Waals surface area contributed by atoms with Gasteiger partial charge in [0.25, 0.3) is 11.8 Å². The normalized spacial score (nSPS) is 13.2. The van der Waals surface area contributed by atoms with Crippen molar-refractivity contribution in [3.05, 3.63) is 102 Å². The van der Waals surface area contributed by atoms with Crippen molar-refractivity contribution in [3.63, 3.8) is 0 Å². The van der Waals surface area contributed by atoms with Crippen molar-refractivity contribution in [2.75, 3.05) is 43.5 Å². The van der Waals surface area contributed by atoms with E-state index in [1.165, 1.54) is 0 Å². The molecule has 1 aliphatic heterocycles. The second-order valence-corrected chi connectivity index (χ2v) is 9.41. The van der Waals surface area contributed by atoms with Gasteiger partial charge < -0.3 is 19.9 Å². The fourth-order valence-electron chi connectivity index (χ4n) is 4.59. The maximum Gasteiger partial charge on any atom is 0.261 e. The summed E-state index contributed by atoms with van der Waals surface area (Å²) >= 11 is 5.39. The number of methoxy groups -OCH3 is 1. The van der Waals surface area contributed by atoms with Gasteiger partial charge in [-0.15, -0.1) is 0 Å². The zero-order chi connectivity index (χ0) is 26.5. The molecule has 1 aliphatic rings. The van der Waals surface area contributed by atoms with Crippen molar-refractivity contribution in [2.45, 2.75) is 0 Å². The van der Waals surface area contributed by atoms with E-state index in [1.54, 1.807) is 13.2 Å². The first kappa shape index (κ1) is 25.2. The van der Waals surface area contributed by atoms with E-state index >= 15 is 0 Å². The maximum atomic E-state index is 12.9. The van der Waals surface area contributed by atoms with Crippen LogP contribution in [-0.2, 0) is 0 Å². The number of nitrogens with zero attached hydrogens (tertiary/aromatic N) is 2. The molecule has 0 saturated carbocycles. The standard InChI is InChI=1S/C30H28N4O3S/c1-37-27-20-23-10-6-5-9-22(23)19-26(27)28(35)32-30(38)31-24-11-13-25(14-12-24)33-15-17-34(18-16-33)29(36)21-7-3-2-4-8-21/h2-14,19-20H,15-18H2,1H3,(H2,31,32,35,38). The van der Waals surface area contributed by atoms with Crippen molar-refractivity contribution in [1.29, 1.82) is 0 Å². The Morgan fingerprint density at radius 3 is 2.11 bits per heavy atom. The first-order valence-corrected chi connectivity index (χ1v) is 12.8. The topological polar surface area (TPSA) is 73.9 Å². The van der Waals surface area contributed by atoms with Crippen LogP contribution >= 0.6 is 12.2 Å². The van der Waals surface area contributed by atoms with E-state index in [-0.39, 0.29) is 16.9 Å². The summed E-state index contributed by atoms with van der Waals surface area (Å²) in [6, 6.07) is 28.7. The molecule has 2 amide bonds. The first-order valence-electron chi connectivity index (χ1n) is 12.4. The van der Waals surface area contributed by atoms with Crippen LogP contribution in [0.5, 0.6) is 5.75 Å². The van der Waals surface area contributed by atoms with E-state index in [4.69, 9.17) is 17.0 Å². The van der Waals surface area contributed by atoms with Crippen LogP contribution in [0.1, 0.15) is 20.7 Å². The summed E-state index contributed by atoms with van der Waals surface area (Å²) in [4.78, 5) is 29.8. The fourth-order valence-corrected chi connectivity index (χ4v) is 4.80.